The number of nitrogens with zero attached hydrogens (tertiary/aromatic N) is 3. The van der Waals surface area contributed by atoms with Crippen molar-refractivity contribution in [3.05, 3.63) is 48.5 Å². The molecule has 1 aromatic heterocycles. The zero-order chi connectivity index (χ0) is 21.3. The molecule has 0 aliphatic heterocycles. The number of hydrogen-bond donors (Lipinski definition) is 1. The highest BCUT2D eigenvalue weighted by molar-refractivity contribution is 5.90. The molecule has 8 heteroatoms. The van der Waals surface area contributed by atoms with E-state index in [1.165, 1.54) is 0 Å². The number of nitrogens with one attached hydrogen (secondary N) is 1. The maximum atomic E-state index is 11.8. The molecule has 0 aliphatic rings. The van der Waals surface area contributed by atoms with Crippen molar-refractivity contribution in [2.24, 2.45) is 0 Å². The number of rotatable bonds is 10. The minimum Gasteiger partial charge on any atom is -0.497 e. The van der Waals surface area contributed by atoms with Crippen LogP contribution in [-0.4, -0.2) is 47.6 Å². The summed E-state index contributed by atoms with van der Waals surface area (Å²) in [5, 5.41) is 7.39. The number of methoxy groups -OCH3 is 1. The highest BCUT2D eigenvalue weighted by Crippen LogP contribution is 2.26. The molecule has 0 saturated carbocycles. The Morgan fingerprint density at radius 2 is 1.90 bits per heavy atom. The van der Waals surface area contributed by atoms with E-state index in [1.54, 1.807) is 11.8 Å². The molecule has 158 valence electrons. The monoisotopic (exact) mass is 410 g/mol. The van der Waals surface area contributed by atoms with Crippen LogP contribution in [0.15, 0.2) is 48.5 Å². The maximum absolute atomic E-state index is 11.8. The fraction of sp³-hybridized carbons (Fsp3) is 0.318. The van der Waals surface area contributed by atoms with E-state index in [2.05, 4.69) is 15.4 Å². The highest BCUT2D eigenvalue weighted by atomic mass is 16.5. The lowest BCUT2D eigenvalue weighted by molar-refractivity contribution is -0.115. The van der Waals surface area contributed by atoms with E-state index in [1.807, 2.05) is 62.4 Å². The van der Waals surface area contributed by atoms with E-state index in [0.717, 1.165) is 17.0 Å². The molecule has 0 unspecified atom stereocenters. The zero-order valence-corrected chi connectivity index (χ0v) is 17.4. The van der Waals surface area contributed by atoms with Gasteiger partial charge >= 0.3 is 6.01 Å². The second-order valence-electron chi connectivity index (χ2n) is 6.36. The van der Waals surface area contributed by atoms with Crippen LogP contribution in [-0.2, 0) is 9.53 Å². The number of carbonyl (C=O) groups excluding carboxylic acids is 1. The molecule has 0 spiro atoms. The Hall–Kier alpha value is -3.39. The van der Waals surface area contributed by atoms with Gasteiger partial charge in [0.05, 0.1) is 19.4 Å². The van der Waals surface area contributed by atoms with Crippen molar-refractivity contribution < 1.29 is 19.0 Å². The molecule has 3 aromatic rings. The highest BCUT2D eigenvalue weighted by Gasteiger charge is 2.15. The Balaban J connectivity index is 1.95. The molecule has 1 N–H and O–H groups in total. The summed E-state index contributed by atoms with van der Waals surface area (Å²) in [6.07, 6.45) is 0.405. The standard InChI is InChI=1S/C22H26N4O4/c1-4-20(27)23-17-7-6-8-18(15-17)26-21(16-9-11-19(28-3)12-10-16)24-22(25-26)30-14-13-29-5-2/h6-12,15H,4-5,13-14H2,1-3H3,(H,23,27). The predicted octanol–water partition coefficient (Wildman–Crippen LogP) is 3.71. The van der Waals surface area contributed by atoms with E-state index in [9.17, 15) is 4.79 Å². The van der Waals surface area contributed by atoms with Gasteiger partial charge in [-0.15, -0.1) is 5.10 Å². The Kier molecular flexibility index (Phi) is 7.40. The SMILES string of the molecule is CCOCCOc1nc(-c2ccc(OC)cc2)n(-c2cccc(NC(=O)CC)c2)n1. The Morgan fingerprint density at radius 3 is 2.60 bits per heavy atom. The van der Waals surface area contributed by atoms with Gasteiger partial charge in [-0.2, -0.15) is 4.98 Å². The van der Waals surface area contributed by atoms with E-state index in [4.69, 9.17) is 14.2 Å². The smallest absolute Gasteiger partial charge is 0.336 e. The number of anilines is 1. The van der Waals surface area contributed by atoms with Gasteiger partial charge < -0.3 is 19.5 Å². The van der Waals surface area contributed by atoms with Crippen molar-refractivity contribution in [2.45, 2.75) is 20.3 Å². The number of aromatic nitrogens is 3. The summed E-state index contributed by atoms with van der Waals surface area (Å²) < 4.78 is 17.9. The van der Waals surface area contributed by atoms with Gasteiger partial charge in [-0.1, -0.05) is 13.0 Å². The predicted molar refractivity (Wildman–Crippen MR) is 114 cm³/mol. The van der Waals surface area contributed by atoms with Crippen LogP contribution < -0.4 is 14.8 Å². The molecular weight excluding hydrogens is 384 g/mol. The van der Waals surface area contributed by atoms with E-state index in [-0.39, 0.29) is 11.9 Å². The molecule has 1 heterocycles. The summed E-state index contributed by atoms with van der Waals surface area (Å²) in [6, 6.07) is 15.2. The molecule has 8 nitrogen and oxygen atoms in total. The van der Waals surface area contributed by atoms with Crippen LogP contribution in [0.3, 0.4) is 0 Å². The van der Waals surface area contributed by atoms with E-state index >= 15 is 0 Å². The molecule has 0 bridgehead atoms. The fourth-order valence-corrected chi connectivity index (χ4v) is 2.76. The lowest BCUT2D eigenvalue weighted by Crippen LogP contribution is -2.10. The molecule has 30 heavy (non-hydrogen) atoms. The van der Waals surface area contributed by atoms with Crippen molar-refractivity contribution in [1.82, 2.24) is 14.8 Å². The van der Waals surface area contributed by atoms with Crippen LogP contribution in [0.4, 0.5) is 5.69 Å². The van der Waals surface area contributed by atoms with Crippen LogP contribution >= 0.6 is 0 Å². The molecule has 0 fully saturated rings. The van der Waals surface area contributed by atoms with Crippen molar-refractivity contribution in [3.63, 3.8) is 0 Å². The lowest BCUT2D eigenvalue weighted by Gasteiger charge is -2.09. The molecular formula is C22H26N4O4. The average molecular weight is 410 g/mol. The van der Waals surface area contributed by atoms with Gasteiger partial charge in [-0.05, 0) is 49.4 Å². The van der Waals surface area contributed by atoms with Crippen molar-refractivity contribution in [2.75, 3.05) is 32.2 Å². The summed E-state index contributed by atoms with van der Waals surface area (Å²) in [6.45, 7) is 5.18. The molecule has 0 radical (unpaired) electrons. The molecule has 0 atom stereocenters. The Morgan fingerprint density at radius 1 is 1.10 bits per heavy atom. The first kappa shape index (κ1) is 21.3. The van der Waals surface area contributed by atoms with Crippen LogP contribution in [0, 0.1) is 0 Å². The summed E-state index contributed by atoms with van der Waals surface area (Å²) in [5.74, 6) is 1.31. The Bertz CT molecular complexity index is 970. The third kappa shape index (κ3) is 5.36. The first-order chi connectivity index (χ1) is 14.6. The first-order valence-electron chi connectivity index (χ1n) is 9.87. The maximum Gasteiger partial charge on any atom is 0.336 e. The fourth-order valence-electron chi connectivity index (χ4n) is 2.76. The van der Waals surface area contributed by atoms with Gasteiger partial charge in [0.25, 0.3) is 0 Å². The minimum atomic E-state index is -0.0546. The lowest BCUT2D eigenvalue weighted by atomic mass is 10.2. The summed E-state index contributed by atoms with van der Waals surface area (Å²) >= 11 is 0. The minimum absolute atomic E-state index is 0.0546. The van der Waals surface area contributed by atoms with Crippen LogP contribution in [0.25, 0.3) is 17.1 Å². The largest absolute Gasteiger partial charge is 0.497 e. The summed E-state index contributed by atoms with van der Waals surface area (Å²) in [4.78, 5) is 16.3. The third-order valence-electron chi connectivity index (χ3n) is 4.29. The second-order valence-corrected chi connectivity index (χ2v) is 6.36. The molecule has 0 aliphatic carbocycles. The molecule has 3 rings (SSSR count). The van der Waals surface area contributed by atoms with Gasteiger partial charge in [-0.3, -0.25) is 4.79 Å². The van der Waals surface area contributed by atoms with Crippen molar-refractivity contribution >= 4 is 11.6 Å². The van der Waals surface area contributed by atoms with Gasteiger partial charge in [0, 0.05) is 24.3 Å². The average Bonchev–Trinajstić information content (AvgIpc) is 3.21. The van der Waals surface area contributed by atoms with Gasteiger partial charge in [0.2, 0.25) is 5.91 Å². The van der Waals surface area contributed by atoms with E-state index < -0.39 is 0 Å². The molecule has 0 saturated heterocycles. The second kappa shape index (κ2) is 10.4. The summed E-state index contributed by atoms with van der Waals surface area (Å²) in [5.41, 5.74) is 2.29. The van der Waals surface area contributed by atoms with Gasteiger partial charge in [-0.25, -0.2) is 4.68 Å². The number of carbonyl (C=O) groups is 1. The Labute approximate surface area is 175 Å². The van der Waals surface area contributed by atoms with E-state index in [0.29, 0.717) is 37.8 Å². The van der Waals surface area contributed by atoms with Gasteiger partial charge in [0.1, 0.15) is 12.4 Å². The van der Waals surface area contributed by atoms with Crippen LogP contribution in [0.1, 0.15) is 20.3 Å². The molecule has 1 amide bonds. The summed E-state index contributed by atoms with van der Waals surface area (Å²) in [7, 11) is 1.62. The van der Waals surface area contributed by atoms with Crippen molar-refractivity contribution in [3.8, 4) is 28.8 Å². The van der Waals surface area contributed by atoms with Gasteiger partial charge in [0.15, 0.2) is 5.82 Å². The first-order valence-corrected chi connectivity index (χ1v) is 9.87. The topological polar surface area (TPSA) is 87.5 Å². The number of hydrogen-bond acceptors (Lipinski definition) is 6. The normalized spacial score (nSPS) is 10.6. The zero-order valence-electron chi connectivity index (χ0n) is 17.4. The molecule has 2 aromatic carbocycles. The van der Waals surface area contributed by atoms with Crippen LogP contribution in [0.2, 0.25) is 0 Å². The quantitative estimate of drug-likeness (QED) is 0.513. The number of benzene rings is 2. The third-order valence-corrected chi connectivity index (χ3v) is 4.29. The van der Waals surface area contributed by atoms with Crippen molar-refractivity contribution in [1.29, 1.82) is 0 Å². The number of ether oxygens (including phenoxy) is 3. The van der Waals surface area contributed by atoms with Crippen LogP contribution in [0.5, 0.6) is 11.8 Å². The number of amides is 1.